The highest BCUT2D eigenvalue weighted by molar-refractivity contribution is 6.30. The molecule has 0 N–H and O–H groups in total. The highest BCUT2D eigenvalue weighted by Gasteiger charge is 2.34. The number of rotatable bonds is 5. The molecule has 2 aromatic carbocycles. The van der Waals surface area contributed by atoms with E-state index in [1.165, 1.54) is 17.0 Å². The van der Waals surface area contributed by atoms with Crippen LogP contribution in [-0.2, 0) is 0 Å². The normalized spacial score (nSPS) is 16.2. The minimum absolute atomic E-state index is 0.110. The lowest BCUT2D eigenvalue weighted by Crippen LogP contribution is -2.31. The van der Waals surface area contributed by atoms with E-state index in [0.29, 0.717) is 17.3 Å². The van der Waals surface area contributed by atoms with Gasteiger partial charge in [-0.05, 0) is 62.5 Å². The third-order valence-corrected chi connectivity index (χ3v) is 5.18. The smallest absolute Gasteiger partial charge is 0.261 e. The minimum atomic E-state index is -1.11. The van der Waals surface area contributed by atoms with Crippen molar-refractivity contribution in [2.75, 3.05) is 31.6 Å². The van der Waals surface area contributed by atoms with E-state index in [0.717, 1.165) is 31.1 Å². The lowest BCUT2D eigenvalue weighted by molar-refractivity contribution is 0.0983. The van der Waals surface area contributed by atoms with Gasteiger partial charge in [-0.2, -0.15) is 0 Å². The van der Waals surface area contributed by atoms with Crippen LogP contribution in [0.3, 0.4) is 0 Å². The molecule has 0 spiro atoms. The van der Waals surface area contributed by atoms with Gasteiger partial charge in [0.1, 0.15) is 0 Å². The summed E-state index contributed by atoms with van der Waals surface area (Å²) in [7, 11) is 2.04. The maximum absolute atomic E-state index is 14.1. The first kappa shape index (κ1) is 18.8. The van der Waals surface area contributed by atoms with Gasteiger partial charge >= 0.3 is 0 Å². The van der Waals surface area contributed by atoms with Gasteiger partial charge in [0.15, 0.2) is 11.6 Å². The number of hydrogen-bond donors (Lipinski definition) is 0. The topological polar surface area (TPSA) is 23.6 Å². The zero-order valence-electron chi connectivity index (χ0n) is 14.8. The van der Waals surface area contributed by atoms with Crippen molar-refractivity contribution in [1.82, 2.24) is 4.90 Å². The second kappa shape index (κ2) is 7.72. The largest absolute Gasteiger partial charge is 0.307 e. The van der Waals surface area contributed by atoms with Crippen LogP contribution in [0.4, 0.5) is 14.5 Å². The van der Waals surface area contributed by atoms with Crippen LogP contribution in [-0.4, -0.2) is 37.5 Å². The van der Waals surface area contributed by atoms with Crippen LogP contribution >= 0.6 is 11.6 Å². The third kappa shape index (κ3) is 3.60. The summed E-state index contributed by atoms with van der Waals surface area (Å²) in [5.41, 5.74) is 1.44. The molecule has 0 aliphatic carbocycles. The Labute approximate surface area is 157 Å². The first-order valence-corrected chi connectivity index (χ1v) is 9.04. The molecule has 0 fully saturated rings. The quantitative estimate of drug-likeness (QED) is 0.752. The lowest BCUT2D eigenvalue weighted by atomic mass is 9.98. The van der Waals surface area contributed by atoms with Gasteiger partial charge < -0.3 is 9.80 Å². The van der Waals surface area contributed by atoms with Gasteiger partial charge in [-0.1, -0.05) is 24.6 Å². The molecule has 138 valence electrons. The maximum Gasteiger partial charge on any atom is 0.261 e. The Hall–Kier alpha value is -1.98. The monoisotopic (exact) mass is 378 g/mol. The van der Waals surface area contributed by atoms with Gasteiger partial charge in [-0.25, -0.2) is 8.78 Å². The number of carbonyl (C=O) groups excluding carboxylic acids is 1. The first-order valence-electron chi connectivity index (χ1n) is 8.66. The Morgan fingerprint density at radius 3 is 2.81 bits per heavy atom. The van der Waals surface area contributed by atoms with E-state index in [4.69, 9.17) is 11.6 Å². The molecular weight excluding hydrogens is 358 g/mol. The number of amides is 1. The molecule has 1 unspecified atom stereocenters. The van der Waals surface area contributed by atoms with Crippen molar-refractivity contribution in [2.24, 2.45) is 0 Å². The molecule has 0 saturated heterocycles. The van der Waals surface area contributed by atoms with Crippen LogP contribution in [0.15, 0.2) is 36.4 Å². The molecule has 1 atom stereocenters. The highest BCUT2D eigenvalue weighted by Crippen LogP contribution is 2.40. The number of anilines is 1. The first-order chi connectivity index (χ1) is 12.4. The molecule has 0 bridgehead atoms. The SMILES string of the molecule is CCN(C)CCC1CN(C(=O)c2cccc(F)c2F)c2ccc(Cl)cc21. The summed E-state index contributed by atoms with van der Waals surface area (Å²) in [6, 6.07) is 9.02. The van der Waals surface area contributed by atoms with Crippen LogP contribution < -0.4 is 4.90 Å². The fourth-order valence-corrected chi connectivity index (χ4v) is 3.48. The van der Waals surface area contributed by atoms with Gasteiger partial charge in [-0.15, -0.1) is 0 Å². The van der Waals surface area contributed by atoms with Gasteiger partial charge in [0.25, 0.3) is 5.91 Å². The summed E-state index contributed by atoms with van der Waals surface area (Å²) in [4.78, 5) is 16.6. The number of benzene rings is 2. The van der Waals surface area contributed by atoms with E-state index >= 15 is 0 Å². The Kier molecular flexibility index (Phi) is 5.58. The van der Waals surface area contributed by atoms with E-state index in [-0.39, 0.29) is 11.5 Å². The van der Waals surface area contributed by atoms with Crippen molar-refractivity contribution in [3.8, 4) is 0 Å². The molecule has 26 heavy (non-hydrogen) atoms. The molecule has 1 aliphatic rings. The van der Waals surface area contributed by atoms with E-state index in [2.05, 4.69) is 11.8 Å². The molecule has 3 rings (SSSR count). The van der Waals surface area contributed by atoms with Crippen LogP contribution in [0.2, 0.25) is 5.02 Å². The average molecular weight is 379 g/mol. The fourth-order valence-electron chi connectivity index (χ4n) is 3.30. The number of hydrogen-bond acceptors (Lipinski definition) is 2. The summed E-state index contributed by atoms with van der Waals surface area (Å²) >= 11 is 6.15. The second-order valence-electron chi connectivity index (χ2n) is 6.60. The second-order valence-corrected chi connectivity index (χ2v) is 7.04. The molecule has 3 nitrogen and oxygen atoms in total. The van der Waals surface area contributed by atoms with Crippen LogP contribution in [0.25, 0.3) is 0 Å². The van der Waals surface area contributed by atoms with Gasteiger partial charge in [0.05, 0.1) is 5.56 Å². The van der Waals surface area contributed by atoms with Crippen molar-refractivity contribution in [2.45, 2.75) is 19.3 Å². The number of halogens is 3. The molecule has 0 saturated carbocycles. The van der Waals surface area contributed by atoms with Crippen molar-refractivity contribution in [3.63, 3.8) is 0 Å². The molecule has 0 aromatic heterocycles. The van der Waals surface area contributed by atoms with Crippen molar-refractivity contribution in [3.05, 3.63) is 64.2 Å². The van der Waals surface area contributed by atoms with Crippen LogP contribution in [0.1, 0.15) is 35.2 Å². The van der Waals surface area contributed by atoms with Gasteiger partial charge in [0, 0.05) is 23.2 Å². The Morgan fingerprint density at radius 1 is 1.31 bits per heavy atom. The summed E-state index contributed by atoms with van der Waals surface area (Å²) in [6.07, 6.45) is 0.854. The fraction of sp³-hybridized carbons (Fsp3) is 0.350. The molecule has 1 amide bonds. The molecule has 2 aromatic rings. The number of nitrogens with zero attached hydrogens (tertiary/aromatic N) is 2. The Bertz CT molecular complexity index is 827. The predicted octanol–water partition coefficient (Wildman–Crippen LogP) is 4.70. The van der Waals surface area contributed by atoms with E-state index in [9.17, 15) is 13.6 Å². The third-order valence-electron chi connectivity index (χ3n) is 4.95. The molecule has 1 aliphatic heterocycles. The Morgan fingerprint density at radius 2 is 2.08 bits per heavy atom. The van der Waals surface area contributed by atoms with Crippen molar-refractivity contribution >= 4 is 23.2 Å². The van der Waals surface area contributed by atoms with Crippen molar-refractivity contribution in [1.29, 1.82) is 0 Å². The minimum Gasteiger partial charge on any atom is -0.307 e. The van der Waals surface area contributed by atoms with Crippen molar-refractivity contribution < 1.29 is 13.6 Å². The predicted molar refractivity (Wildman–Crippen MR) is 100 cm³/mol. The molecule has 6 heteroatoms. The van der Waals surface area contributed by atoms with Crippen LogP contribution in [0, 0.1) is 11.6 Å². The van der Waals surface area contributed by atoms with Crippen LogP contribution in [0.5, 0.6) is 0 Å². The number of carbonyl (C=O) groups is 1. The standard InChI is InChI=1S/C20H21ClF2N2O/c1-3-24(2)10-9-13-12-25(18-8-7-14(21)11-16(13)18)20(26)15-5-4-6-17(22)19(15)23/h4-8,11,13H,3,9-10,12H2,1-2H3. The van der Waals surface area contributed by atoms with Gasteiger partial charge in [0.2, 0.25) is 0 Å². The molecule has 1 heterocycles. The molecule has 0 radical (unpaired) electrons. The summed E-state index contributed by atoms with van der Waals surface area (Å²) < 4.78 is 27.6. The zero-order chi connectivity index (χ0) is 18.8. The number of fused-ring (bicyclic) bond motifs is 1. The lowest BCUT2D eigenvalue weighted by Gasteiger charge is -2.19. The highest BCUT2D eigenvalue weighted by atomic mass is 35.5. The zero-order valence-corrected chi connectivity index (χ0v) is 15.6. The maximum atomic E-state index is 14.1. The summed E-state index contributed by atoms with van der Waals surface area (Å²) in [6.45, 7) is 4.33. The van der Waals surface area contributed by atoms with E-state index in [1.54, 1.807) is 12.1 Å². The summed E-state index contributed by atoms with van der Waals surface area (Å²) in [5, 5.41) is 0.601. The summed E-state index contributed by atoms with van der Waals surface area (Å²) in [5.74, 6) is -2.55. The van der Waals surface area contributed by atoms with E-state index in [1.807, 2.05) is 13.1 Å². The average Bonchev–Trinajstić information content (AvgIpc) is 2.99. The molecular formula is C20H21ClF2N2O. The van der Waals surface area contributed by atoms with E-state index < -0.39 is 17.5 Å². The van der Waals surface area contributed by atoms with Gasteiger partial charge in [-0.3, -0.25) is 4.79 Å². The Balaban J connectivity index is 1.92.